The Kier molecular flexibility index (Phi) is 2.29. The maximum Gasteiger partial charge on any atom is 0.0756 e. The summed E-state index contributed by atoms with van der Waals surface area (Å²) in [5.74, 6) is 3.53. The third-order valence-electron chi connectivity index (χ3n) is 5.39. The Morgan fingerprint density at radius 1 is 1.31 bits per heavy atom. The molecule has 1 N–H and O–H groups in total. The van der Waals surface area contributed by atoms with Gasteiger partial charge in [-0.15, -0.1) is 0 Å². The molecule has 0 bridgehead atoms. The minimum absolute atomic E-state index is 0.253. The monoisotopic (exact) mass is 218 g/mol. The van der Waals surface area contributed by atoms with Crippen LogP contribution in [-0.2, 0) is 0 Å². The van der Waals surface area contributed by atoms with Gasteiger partial charge in [-0.25, -0.2) is 0 Å². The Balaban J connectivity index is 1.97. The molecule has 88 valence electrons. The fourth-order valence-corrected chi connectivity index (χ4v) is 4.39. The fraction of sp³-hybridized carbons (Fsp3) is 0.733. The number of rotatable bonds is 0. The first-order chi connectivity index (χ1) is 7.59. The summed E-state index contributed by atoms with van der Waals surface area (Å²) in [5, 5.41) is 10.2. The zero-order valence-corrected chi connectivity index (χ0v) is 10.3. The molecule has 0 spiro atoms. The lowest BCUT2D eigenvalue weighted by molar-refractivity contribution is 0.164. The Morgan fingerprint density at radius 2 is 2.06 bits per heavy atom. The molecule has 0 radical (unpaired) electrons. The summed E-state index contributed by atoms with van der Waals surface area (Å²) in [7, 11) is 0. The topological polar surface area (TPSA) is 20.2 Å². The van der Waals surface area contributed by atoms with Crippen LogP contribution in [0.25, 0.3) is 0 Å². The van der Waals surface area contributed by atoms with Gasteiger partial charge in [0.1, 0.15) is 0 Å². The van der Waals surface area contributed by atoms with Gasteiger partial charge in [-0.05, 0) is 61.3 Å². The quantitative estimate of drug-likeness (QED) is 0.619. The van der Waals surface area contributed by atoms with Gasteiger partial charge in [0, 0.05) is 0 Å². The van der Waals surface area contributed by atoms with Gasteiger partial charge >= 0.3 is 0 Å². The van der Waals surface area contributed by atoms with E-state index < -0.39 is 0 Å². The van der Waals surface area contributed by atoms with E-state index in [2.05, 4.69) is 26.5 Å². The number of hydrogen-bond acceptors (Lipinski definition) is 1. The van der Waals surface area contributed by atoms with Crippen LogP contribution < -0.4 is 0 Å². The Bertz CT molecular complexity index is 354. The molecule has 1 nitrogen and oxygen atoms in total. The van der Waals surface area contributed by atoms with Crippen molar-refractivity contribution in [2.24, 2.45) is 29.6 Å². The van der Waals surface area contributed by atoms with E-state index in [1.54, 1.807) is 0 Å². The summed E-state index contributed by atoms with van der Waals surface area (Å²) < 4.78 is 0. The highest BCUT2D eigenvalue weighted by atomic mass is 16.3. The van der Waals surface area contributed by atoms with Crippen LogP contribution in [0.4, 0.5) is 0 Å². The molecule has 0 aromatic carbocycles. The predicted octanol–water partition coefficient (Wildman–Crippen LogP) is 3.16. The van der Waals surface area contributed by atoms with E-state index in [9.17, 15) is 5.11 Å². The highest BCUT2D eigenvalue weighted by Gasteiger charge is 2.49. The van der Waals surface area contributed by atoms with Crippen LogP contribution in [0.15, 0.2) is 23.8 Å². The summed E-state index contributed by atoms with van der Waals surface area (Å²) in [6, 6.07) is 0. The molecule has 1 heteroatoms. The molecule has 0 heterocycles. The largest absolute Gasteiger partial charge is 0.389 e. The SMILES string of the molecule is C=C1[C@H](O)C[C@@H]2C(C)=C[C@@H]2[C@H]2[C@@H](C)CC[C@@H]12. The summed E-state index contributed by atoms with van der Waals surface area (Å²) >= 11 is 0. The number of hydrogen-bond donors (Lipinski definition) is 1. The molecule has 2 saturated carbocycles. The molecule has 0 saturated heterocycles. The smallest absolute Gasteiger partial charge is 0.0756 e. The van der Waals surface area contributed by atoms with E-state index in [1.165, 1.54) is 18.4 Å². The number of aliphatic hydroxyl groups is 1. The highest BCUT2D eigenvalue weighted by Crippen LogP contribution is 2.56. The molecule has 0 amide bonds. The molecular weight excluding hydrogens is 196 g/mol. The van der Waals surface area contributed by atoms with Crippen molar-refractivity contribution in [3.63, 3.8) is 0 Å². The van der Waals surface area contributed by atoms with Crippen LogP contribution in [0.2, 0.25) is 0 Å². The van der Waals surface area contributed by atoms with Crippen LogP contribution in [0, 0.1) is 29.6 Å². The highest BCUT2D eigenvalue weighted by molar-refractivity contribution is 5.28. The average molecular weight is 218 g/mol. The third-order valence-corrected chi connectivity index (χ3v) is 5.39. The van der Waals surface area contributed by atoms with E-state index in [4.69, 9.17) is 0 Å². The predicted molar refractivity (Wildman–Crippen MR) is 65.9 cm³/mol. The normalized spacial score (nSPS) is 51.2. The number of aliphatic hydroxyl groups excluding tert-OH is 1. The van der Waals surface area contributed by atoms with Crippen molar-refractivity contribution in [2.45, 2.75) is 39.2 Å². The first-order valence-corrected chi connectivity index (χ1v) is 6.64. The summed E-state index contributed by atoms with van der Waals surface area (Å²) in [6.07, 6.45) is 5.69. The van der Waals surface area contributed by atoms with E-state index in [0.717, 1.165) is 29.7 Å². The van der Waals surface area contributed by atoms with Crippen molar-refractivity contribution in [2.75, 3.05) is 0 Å². The van der Waals surface area contributed by atoms with Crippen LogP contribution in [0.5, 0.6) is 0 Å². The Labute approximate surface area is 98.2 Å². The molecule has 6 atom stereocenters. The van der Waals surface area contributed by atoms with Crippen LogP contribution in [-0.4, -0.2) is 11.2 Å². The first kappa shape index (κ1) is 10.6. The molecule has 2 fully saturated rings. The lowest BCUT2D eigenvalue weighted by atomic mass is 9.64. The second-order valence-corrected chi connectivity index (χ2v) is 6.16. The maximum atomic E-state index is 10.2. The molecule has 0 unspecified atom stereocenters. The molecule has 3 rings (SSSR count). The van der Waals surface area contributed by atoms with Crippen molar-refractivity contribution in [3.05, 3.63) is 23.8 Å². The maximum absolute atomic E-state index is 10.2. The van der Waals surface area contributed by atoms with E-state index >= 15 is 0 Å². The van der Waals surface area contributed by atoms with Gasteiger partial charge in [-0.1, -0.05) is 25.2 Å². The van der Waals surface area contributed by atoms with Gasteiger partial charge in [-0.2, -0.15) is 0 Å². The molecular formula is C15H22O. The fourth-order valence-electron chi connectivity index (χ4n) is 4.39. The summed E-state index contributed by atoms with van der Waals surface area (Å²) in [5.41, 5.74) is 2.63. The molecule has 3 aliphatic rings. The lowest BCUT2D eigenvalue weighted by Crippen LogP contribution is -2.33. The van der Waals surface area contributed by atoms with E-state index in [0.29, 0.717) is 11.8 Å². The first-order valence-electron chi connectivity index (χ1n) is 6.64. The van der Waals surface area contributed by atoms with Crippen molar-refractivity contribution in [3.8, 4) is 0 Å². The number of fused-ring (bicyclic) bond motifs is 3. The van der Waals surface area contributed by atoms with Gasteiger partial charge in [-0.3, -0.25) is 0 Å². The van der Waals surface area contributed by atoms with Gasteiger partial charge in [0.25, 0.3) is 0 Å². The van der Waals surface area contributed by atoms with E-state index in [1.807, 2.05) is 0 Å². The molecule has 3 aliphatic carbocycles. The van der Waals surface area contributed by atoms with Gasteiger partial charge in [0.2, 0.25) is 0 Å². The minimum atomic E-state index is -0.253. The minimum Gasteiger partial charge on any atom is -0.389 e. The van der Waals surface area contributed by atoms with Crippen LogP contribution >= 0.6 is 0 Å². The Morgan fingerprint density at radius 3 is 2.75 bits per heavy atom. The summed E-state index contributed by atoms with van der Waals surface area (Å²) in [4.78, 5) is 0. The summed E-state index contributed by atoms with van der Waals surface area (Å²) in [6.45, 7) is 8.78. The third kappa shape index (κ3) is 1.27. The van der Waals surface area contributed by atoms with Crippen LogP contribution in [0.3, 0.4) is 0 Å². The van der Waals surface area contributed by atoms with Crippen molar-refractivity contribution < 1.29 is 5.11 Å². The van der Waals surface area contributed by atoms with Crippen molar-refractivity contribution >= 4 is 0 Å². The van der Waals surface area contributed by atoms with Gasteiger partial charge in [0.05, 0.1) is 6.10 Å². The van der Waals surface area contributed by atoms with E-state index in [-0.39, 0.29) is 6.10 Å². The zero-order valence-electron chi connectivity index (χ0n) is 10.3. The molecule has 0 aromatic rings. The van der Waals surface area contributed by atoms with Crippen LogP contribution in [0.1, 0.15) is 33.1 Å². The van der Waals surface area contributed by atoms with Crippen molar-refractivity contribution in [1.29, 1.82) is 0 Å². The molecule has 16 heavy (non-hydrogen) atoms. The van der Waals surface area contributed by atoms with Crippen molar-refractivity contribution in [1.82, 2.24) is 0 Å². The second kappa shape index (κ2) is 3.46. The van der Waals surface area contributed by atoms with Gasteiger partial charge in [0.15, 0.2) is 0 Å². The average Bonchev–Trinajstić information content (AvgIpc) is 2.59. The standard InChI is InChI=1S/C15H22O/c1-8-4-5-11-10(3)14(16)7-12-9(2)6-13(12)15(8)11/h6,8,11-16H,3-5,7H2,1-2H3/t8-,11-,12+,13-,14+,15-/m0/s1. The second-order valence-electron chi connectivity index (χ2n) is 6.16. The lowest BCUT2D eigenvalue weighted by Gasteiger charge is -2.40. The molecule has 0 aromatic heterocycles. The zero-order chi connectivity index (χ0) is 11.4. The molecule has 0 aliphatic heterocycles. The number of allylic oxidation sites excluding steroid dienone is 2. The van der Waals surface area contributed by atoms with Gasteiger partial charge < -0.3 is 5.11 Å². The Hall–Kier alpha value is -0.560.